The number of thiazole rings is 1. The monoisotopic (exact) mass is 395 g/mol. The molecule has 0 spiro atoms. The van der Waals surface area contributed by atoms with Gasteiger partial charge in [-0.15, -0.1) is 11.3 Å². The summed E-state index contributed by atoms with van der Waals surface area (Å²) >= 11 is 1.59. The normalized spacial score (nSPS) is 16.7. The van der Waals surface area contributed by atoms with Gasteiger partial charge in [0.25, 0.3) is 5.91 Å². The van der Waals surface area contributed by atoms with Crippen LogP contribution in [0, 0.1) is 0 Å². The van der Waals surface area contributed by atoms with Gasteiger partial charge in [-0.25, -0.2) is 4.98 Å². The molecule has 1 N–H and O–H groups in total. The molecule has 1 atom stereocenters. The number of hydrogen-bond donors (Lipinski definition) is 1. The van der Waals surface area contributed by atoms with E-state index in [2.05, 4.69) is 15.4 Å². The van der Waals surface area contributed by atoms with E-state index >= 15 is 0 Å². The first-order chi connectivity index (χ1) is 13.7. The van der Waals surface area contributed by atoms with Crippen molar-refractivity contribution < 1.29 is 9.59 Å². The van der Waals surface area contributed by atoms with Crippen molar-refractivity contribution in [1.82, 2.24) is 19.7 Å². The average molecular weight is 395 g/mol. The van der Waals surface area contributed by atoms with Crippen LogP contribution in [0.1, 0.15) is 40.7 Å². The quantitative estimate of drug-likeness (QED) is 0.718. The summed E-state index contributed by atoms with van der Waals surface area (Å²) in [5, 5.41) is 9.97. The van der Waals surface area contributed by atoms with Gasteiger partial charge in [-0.3, -0.25) is 14.3 Å². The topological polar surface area (TPSA) is 80.1 Å². The van der Waals surface area contributed by atoms with Gasteiger partial charge in [0.1, 0.15) is 11.6 Å². The summed E-state index contributed by atoms with van der Waals surface area (Å²) in [6.07, 6.45) is 8.07. The highest BCUT2D eigenvalue weighted by Gasteiger charge is 2.29. The zero-order valence-electron chi connectivity index (χ0n) is 15.3. The Bertz CT molecular complexity index is 939. The molecule has 0 radical (unpaired) electrons. The number of anilines is 1. The SMILES string of the molecule is O=C(Nc1cnn(CC(=O)N2CCCCC2c2nccs2)c1)c1ccccc1. The molecular formula is C20H21N5O2S. The number of nitrogens with one attached hydrogen (secondary N) is 1. The third-order valence-corrected chi connectivity index (χ3v) is 5.66. The van der Waals surface area contributed by atoms with Crippen molar-refractivity contribution >= 4 is 28.8 Å². The number of amides is 2. The lowest BCUT2D eigenvalue weighted by atomic mass is 10.0. The highest BCUT2D eigenvalue weighted by molar-refractivity contribution is 7.09. The van der Waals surface area contributed by atoms with E-state index in [9.17, 15) is 9.59 Å². The van der Waals surface area contributed by atoms with E-state index < -0.39 is 0 Å². The number of rotatable bonds is 5. The third-order valence-electron chi connectivity index (χ3n) is 4.78. The Morgan fingerprint density at radius 2 is 2.07 bits per heavy atom. The third kappa shape index (κ3) is 4.12. The number of piperidine rings is 1. The molecule has 1 fully saturated rings. The zero-order valence-corrected chi connectivity index (χ0v) is 16.1. The van der Waals surface area contributed by atoms with Crippen molar-refractivity contribution in [1.29, 1.82) is 0 Å². The van der Waals surface area contributed by atoms with E-state index in [0.29, 0.717) is 11.3 Å². The van der Waals surface area contributed by atoms with Gasteiger partial charge < -0.3 is 10.2 Å². The summed E-state index contributed by atoms with van der Waals surface area (Å²) in [5.41, 5.74) is 1.14. The Morgan fingerprint density at radius 3 is 2.86 bits per heavy atom. The van der Waals surface area contributed by atoms with E-state index in [1.54, 1.807) is 46.7 Å². The van der Waals surface area contributed by atoms with E-state index in [4.69, 9.17) is 0 Å². The number of hydrogen-bond acceptors (Lipinski definition) is 5. The summed E-state index contributed by atoms with van der Waals surface area (Å²) in [7, 11) is 0. The van der Waals surface area contributed by atoms with Crippen LogP contribution in [0.15, 0.2) is 54.3 Å². The minimum absolute atomic E-state index is 0.0175. The van der Waals surface area contributed by atoms with Crippen LogP contribution in [0.3, 0.4) is 0 Å². The number of nitrogens with zero attached hydrogens (tertiary/aromatic N) is 4. The largest absolute Gasteiger partial charge is 0.332 e. The minimum Gasteiger partial charge on any atom is -0.332 e. The standard InChI is InChI=1S/C20H21N5O2S/c26-18(25-10-5-4-8-17(25)20-21-9-11-28-20)14-24-13-16(12-22-24)23-19(27)15-6-2-1-3-7-15/h1-3,6-7,9,11-13,17H,4-5,8,10,14H2,(H,23,27). The van der Waals surface area contributed by atoms with Crippen LogP contribution in [0.4, 0.5) is 5.69 Å². The van der Waals surface area contributed by atoms with Crippen molar-refractivity contribution in [2.45, 2.75) is 31.8 Å². The minimum atomic E-state index is -0.202. The Kier molecular flexibility index (Phi) is 5.48. The lowest BCUT2D eigenvalue weighted by Gasteiger charge is -2.34. The first-order valence-electron chi connectivity index (χ1n) is 9.28. The summed E-state index contributed by atoms with van der Waals surface area (Å²) in [5.74, 6) is -0.185. The van der Waals surface area contributed by atoms with Gasteiger partial charge in [-0.1, -0.05) is 18.2 Å². The summed E-state index contributed by atoms with van der Waals surface area (Å²) in [4.78, 5) is 31.4. The fourth-order valence-electron chi connectivity index (χ4n) is 3.42. The molecule has 1 aliphatic rings. The second kappa shape index (κ2) is 8.35. The van der Waals surface area contributed by atoms with Gasteiger partial charge in [-0.2, -0.15) is 5.10 Å². The summed E-state index contributed by atoms with van der Waals surface area (Å²) in [6, 6.07) is 9.04. The molecule has 4 rings (SSSR count). The van der Waals surface area contributed by atoms with Crippen LogP contribution in [0.25, 0.3) is 0 Å². The smallest absolute Gasteiger partial charge is 0.255 e. The molecule has 1 aliphatic heterocycles. The maximum absolute atomic E-state index is 12.9. The lowest BCUT2D eigenvalue weighted by Crippen LogP contribution is -2.40. The molecule has 0 bridgehead atoms. The molecule has 7 nitrogen and oxygen atoms in total. The number of aromatic nitrogens is 3. The Morgan fingerprint density at radius 1 is 1.21 bits per heavy atom. The summed E-state index contributed by atoms with van der Waals surface area (Å²) in [6.45, 7) is 0.880. The van der Waals surface area contributed by atoms with E-state index in [0.717, 1.165) is 30.8 Å². The molecule has 1 saturated heterocycles. The van der Waals surface area contributed by atoms with Gasteiger partial charge in [0.2, 0.25) is 5.91 Å². The van der Waals surface area contributed by atoms with E-state index in [1.165, 1.54) is 0 Å². The van der Waals surface area contributed by atoms with E-state index in [1.807, 2.05) is 28.5 Å². The molecule has 28 heavy (non-hydrogen) atoms. The zero-order chi connectivity index (χ0) is 19.3. The molecule has 8 heteroatoms. The Labute approximate surface area is 167 Å². The number of carbonyl (C=O) groups excluding carboxylic acids is 2. The Balaban J connectivity index is 1.40. The molecule has 0 aliphatic carbocycles. The molecular weight excluding hydrogens is 374 g/mol. The molecule has 0 saturated carbocycles. The molecule has 2 amide bonds. The van der Waals surface area contributed by atoms with Crippen molar-refractivity contribution in [2.75, 3.05) is 11.9 Å². The van der Waals surface area contributed by atoms with Crippen LogP contribution in [-0.2, 0) is 11.3 Å². The average Bonchev–Trinajstić information content (AvgIpc) is 3.41. The highest BCUT2D eigenvalue weighted by atomic mass is 32.1. The van der Waals surface area contributed by atoms with Gasteiger partial charge in [0.05, 0.1) is 17.9 Å². The number of carbonyl (C=O) groups is 2. The van der Waals surface area contributed by atoms with Crippen molar-refractivity contribution in [2.24, 2.45) is 0 Å². The number of benzene rings is 1. The molecule has 3 heterocycles. The second-order valence-electron chi connectivity index (χ2n) is 6.72. The maximum Gasteiger partial charge on any atom is 0.255 e. The van der Waals surface area contributed by atoms with Gasteiger partial charge >= 0.3 is 0 Å². The molecule has 144 valence electrons. The van der Waals surface area contributed by atoms with Gasteiger partial charge in [-0.05, 0) is 31.4 Å². The van der Waals surface area contributed by atoms with Crippen LogP contribution in [0.2, 0.25) is 0 Å². The predicted molar refractivity (Wildman–Crippen MR) is 107 cm³/mol. The van der Waals surface area contributed by atoms with E-state index in [-0.39, 0.29) is 24.4 Å². The molecule has 1 aromatic carbocycles. The van der Waals surface area contributed by atoms with Crippen LogP contribution >= 0.6 is 11.3 Å². The van der Waals surface area contributed by atoms with Gasteiger partial charge in [0, 0.05) is 29.9 Å². The first kappa shape index (κ1) is 18.4. The Hall–Kier alpha value is -3.00. The van der Waals surface area contributed by atoms with Gasteiger partial charge in [0.15, 0.2) is 0 Å². The highest BCUT2D eigenvalue weighted by Crippen LogP contribution is 2.32. The van der Waals surface area contributed by atoms with Crippen molar-refractivity contribution in [3.63, 3.8) is 0 Å². The van der Waals surface area contributed by atoms with Crippen molar-refractivity contribution in [3.8, 4) is 0 Å². The molecule has 3 aromatic rings. The van der Waals surface area contributed by atoms with Crippen LogP contribution in [0.5, 0.6) is 0 Å². The fourth-order valence-corrected chi connectivity index (χ4v) is 4.21. The predicted octanol–water partition coefficient (Wildman–Crippen LogP) is 3.35. The van der Waals surface area contributed by atoms with Crippen LogP contribution in [-0.4, -0.2) is 38.0 Å². The van der Waals surface area contributed by atoms with Crippen LogP contribution < -0.4 is 5.32 Å². The first-order valence-corrected chi connectivity index (χ1v) is 10.2. The molecule has 2 aromatic heterocycles. The lowest BCUT2D eigenvalue weighted by molar-refractivity contribution is -0.135. The van der Waals surface area contributed by atoms with Crippen molar-refractivity contribution in [3.05, 3.63) is 64.9 Å². The maximum atomic E-state index is 12.9. The fraction of sp³-hybridized carbons (Fsp3) is 0.300. The second-order valence-corrected chi connectivity index (χ2v) is 7.64. The number of likely N-dealkylation sites (tertiary alicyclic amines) is 1. The summed E-state index contributed by atoms with van der Waals surface area (Å²) < 4.78 is 1.57. The molecule has 1 unspecified atom stereocenters.